The highest BCUT2D eigenvalue weighted by Gasteiger charge is 2.28. The van der Waals surface area contributed by atoms with Crippen molar-refractivity contribution in [1.29, 1.82) is 0 Å². The van der Waals surface area contributed by atoms with Crippen molar-refractivity contribution in [3.05, 3.63) is 0 Å². The molecule has 0 saturated carbocycles. The fourth-order valence-corrected chi connectivity index (χ4v) is 1.93. The van der Waals surface area contributed by atoms with Crippen LogP contribution in [0.5, 0.6) is 0 Å². The first kappa shape index (κ1) is 9.52. The van der Waals surface area contributed by atoms with Crippen LogP contribution in [0.25, 0.3) is 0 Å². The number of rotatable bonds is 1. The van der Waals surface area contributed by atoms with Gasteiger partial charge in [0.15, 0.2) is 0 Å². The van der Waals surface area contributed by atoms with Crippen molar-refractivity contribution in [2.24, 2.45) is 5.92 Å². The Morgan fingerprint density at radius 3 is 2.25 bits per heavy atom. The minimum Gasteiger partial charge on any atom is -0.469 e. The van der Waals surface area contributed by atoms with E-state index in [-0.39, 0.29) is 11.9 Å². The summed E-state index contributed by atoms with van der Waals surface area (Å²) in [5.41, 5.74) is 0. The molecule has 1 saturated heterocycles. The Hall–Kier alpha value is -0.570. The molecule has 0 amide bonds. The van der Waals surface area contributed by atoms with E-state index in [1.807, 2.05) is 0 Å². The maximum Gasteiger partial charge on any atom is 0.308 e. The standard InChI is InChI=1S/C9H17NO2/c1-6-4-8(9(11)12-3)5-7(2)10-6/h6-8,10H,4-5H2,1-3H3/t6-,7-/m1/s1. The summed E-state index contributed by atoms with van der Waals surface area (Å²) in [6.07, 6.45) is 1.80. The van der Waals surface area contributed by atoms with E-state index >= 15 is 0 Å². The summed E-state index contributed by atoms with van der Waals surface area (Å²) in [5.74, 6) is 0.0384. The second-order valence-electron chi connectivity index (χ2n) is 3.66. The average molecular weight is 171 g/mol. The molecule has 3 nitrogen and oxygen atoms in total. The largest absolute Gasteiger partial charge is 0.469 e. The van der Waals surface area contributed by atoms with Gasteiger partial charge in [-0.05, 0) is 26.7 Å². The molecular formula is C9H17NO2. The van der Waals surface area contributed by atoms with E-state index in [1.165, 1.54) is 7.11 Å². The van der Waals surface area contributed by atoms with Gasteiger partial charge >= 0.3 is 5.97 Å². The van der Waals surface area contributed by atoms with Crippen LogP contribution in [0.3, 0.4) is 0 Å². The molecule has 1 aliphatic rings. The molecule has 0 bridgehead atoms. The first-order valence-corrected chi connectivity index (χ1v) is 4.47. The maximum absolute atomic E-state index is 11.2. The van der Waals surface area contributed by atoms with E-state index in [1.54, 1.807) is 0 Å². The van der Waals surface area contributed by atoms with Gasteiger partial charge in [-0.1, -0.05) is 0 Å². The number of ether oxygens (including phenoxy) is 1. The van der Waals surface area contributed by atoms with Gasteiger partial charge in [-0.2, -0.15) is 0 Å². The third-order valence-electron chi connectivity index (χ3n) is 2.38. The highest BCUT2D eigenvalue weighted by Crippen LogP contribution is 2.20. The summed E-state index contributed by atoms with van der Waals surface area (Å²) >= 11 is 0. The Kier molecular flexibility index (Phi) is 3.09. The molecule has 0 aliphatic carbocycles. The van der Waals surface area contributed by atoms with E-state index in [9.17, 15) is 4.79 Å². The Bertz CT molecular complexity index is 160. The molecule has 0 unspecified atom stereocenters. The van der Waals surface area contributed by atoms with Crippen molar-refractivity contribution >= 4 is 5.97 Å². The van der Waals surface area contributed by atoms with Gasteiger partial charge in [0.25, 0.3) is 0 Å². The molecule has 0 aromatic heterocycles. The molecule has 1 rings (SSSR count). The molecule has 1 N–H and O–H groups in total. The van der Waals surface area contributed by atoms with Crippen LogP contribution in [0.2, 0.25) is 0 Å². The molecule has 1 heterocycles. The minimum absolute atomic E-state index is 0.0600. The van der Waals surface area contributed by atoms with Crippen LogP contribution in [0.1, 0.15) is 26.7 Å². The lowest BCUT2D eigenvalue weighted by Crippen LogP contribution is -2.44. The monoisotopic (exact) mass is 171 g/mol. The topological polar surface area (TPSA) is 38.3 Å². The zero-order chi connectivity index (χ0) is 9.14. The molecule has 0 aromatic carbocycles. The lowest BCUT2D eigenvalue weighted by atomic mass is 9.89. The third-order valence-corrected chi connectivity index (χ3v) is 2.38. The van der Waals surface area contributed by atoms with Crippen molar-refractivity contribution in [2.45, 2.75) is 38.8 Å². The number of nitrogens with one attached hydrogen (secondary N) is 1. The molecule has 1 aliphatic heterocycles. The molecule has 0 spiro atoms. The van der Waals surface area contributed by atoms with Crippen LogP contribution < -0.4 is 5.32 Å². The number of carbonyl (C=O) groups excluding carboxylic acids is 1. The van der Waals surface area contributed by atoms with Crippen LogP contribution in [0, 0.1) is 5.92 Å². The van der Waals surface area contributed by atoms with Crippen LogP contribution in [-0.2, 0) is 9.53 Å². The van der Waals surface area contributed by atoms with Gasteiger partial charge in [-0.15, -0.1) is 0 Å². The zero-order valence-electron chi connectivity index (χ0n) is 7.96. The summed E-state index contributed by atoms with van der Waals surface area (Å²) in [5, 5.41) is 3.38. The van der Waals surface area contributed by atoms with Crippen molar-refractivity contribution in [2.75, 3.05) is 7.11 Å². The number of carbonyl (C=O) groups is 1. The molecule has 12 heavy (non-hydrogen) atoms. The van der Waals surface area contributed by atoms with Crippen molar-refractivity contribution < 1.29 is 9.53 Å². The summed E-state index contributed by atoms with van der Waals surface area (Å²) < 4.78 is 4.72. The number of esters is 1. The molecule has 3 heteroatoms. The third kappa shape index (κ3) is 2.21. The van der Waals surface area contributed by atoms with Gasteiger partial charge in [-0.25, -0.2) is 0 Å². The van der Waals surface area contributed by atoms with Crippen molar-refractivity contribution in [3.8, 4) is 0 Å². The fraction of sp³-hybridized carbons (Fsp3) is 0.889. The van der Waals surface area contributed by atoms with Crippen LogP contribution in [-0.4, -0.2) is 25.2 Å². The average Bonchev–Trinajstić information content (AvgIpc) is 2.01. The van der Waals surface area contributed by atoms with Gasteiger partial charge in [0.05, 0.1) is 13.0 Å². The Morgan fingerprint density at radius 2 is 1.83 bits per heavy atom. The Labute approximate surface area is 73.5 Å². The van der Waals surface area contributed by atoms with Gasteiger partial charge in [0, 0.05) is 12.1 Å². The lowest BCUT2D eigenvalue weighted by Gasteiger charge is -2.31. The molecule has 2 atom stereocenters. The first-order chi connectivity index (χ1) is 5.63. The molecule has 0 aromatic rings. The first-order valence-electron chi connectivity index (χ1n) is 4.47. The van der Waals surface area contributed by atoms with Gasteiger partial charge in [0.2, 0.25) is 0 Å². The molecular weight excluding hydrogens is 154 g/mol. The van der Waals surface area contributed by atoms with E-state index in [2.05, 4.69) is 19.2 Å². The van der Waals surface area contributed by atoms with Crippen LogP contribution in [0.15, 0.2) is 0 Å². The van der Waals surface area contributed by atoms with Gasteiger partial charge in [0.1, 0.15) is 0 Å². The van der Waals surface area contributed by atoms with Gasteiger partial charge < -0.3 is 10.1 Å². The number of methoxy groups -OCH3 is 1. The van der Waals surface area contributed by atoms with Gasteiger partial charge in [-0.3, -0.25) is 4.79 Å². The summed E-state index contributed by atoms with van der Waals surface area (Å²) in [6.45, 7) is 4.21. The highest BCUT2D eigenvalue weighted by atomic mass is 16.5. The SMILES string of the molecule is COC(=O)C1C[C@@H](C)N[C@H](C)C1. The zero-order valence-corrected chi connectivity index (χ0v) is 7.96. The van der Waals surface area contributed by atoms with E-state index in [0.29, 0.717) is 12.1 Å². The number of hydrogen-bond acceptors (Lipinski definition) is 3. The normalized spacial score (nSPS) is 36.1. The second kappa shape index (κ2) is 3.90. The summed E-state index contributed by atoms with van der Waals surface area (Å²) in [6, 6.07) is 0.857. The van der Waals surface area contributed by atoms with E-state index in [0.717, 1.165) is 12.8 Å². The molecule has 1 fully saturated rings. The van der Waals surface area contributed by atoms with E-state index in [4.69, 9.17) is 4.74 Å². The number of piperidine rings is 1. The Balaban J connectivity index is 2.49. The fourth-order valence-electron chi connectivity index (χ4n) is 1.93. The van der Waals surface area contributed by atoms with Crippen LogP contribution >= 0.6 is 0 Å². The van der Waals surface area contributed by atoms with E-state index < -0.39 is 0 Å². The Morgan fingerprint density at radius 1 is 1.33 bits per heavy atom. The molecule has 70 valence electrons. The lowest BCUT2D eigenvalue weighted by molar-refractivity contribution is -0.147. The highest BCUT2D eigenvalue weighted by molar-refractivity contribution is 5.72. The van der Waals surface area contributed by atoms with Crippen molar-refractivity contribution in [3.63, 3.8) is 0 Å². The molecule has 0 radical (unpaired) electrons. The number of hydrogen-bond donors (Lipinski definition) is 1. The minimum atomic E-state index is -0.0600. The maximum atomic E-state index is 11.2. The predicted molar refractivity (Wildman–Crippen MR) is 46.8 cm³/mol. The van der Waals surface area contributed by atoms with Crippen molar-refractivity contribution in [1.82, 2.24) is 5.32 Å². The van der Waals surface area contributed by atoms with Crippen LogP contribution in [0.4, 0.5) is 0 Å². The second-order valence-corrected chi connectivity index (χ2v) is 3.66. The summed E-state index contributed by atoms with van der Waals surface area (Å²) in [7, 11) is 1.46. The predicted octanol–water partition coefficient (Wildman–Crippen LogP) is 0.936. The quantitative estimate of drug-likeness (QED) is 0.597. The summed E-state index contributed by atoms with van der Waals surface area (Å²) in [4.78, 5) is 11.2. The smallest absolute Gasteiger partial charge is 0.308 e.